The van der Waals surface area contributed by atoms with Crippen LogP contribution in [0.4, 0.5) is 5.82 Å². The first-order chi connectivity index (χ1) is 10.0. The smallest absolute Gasteiger partial charge is 0.339 e. The molecule has 0 bridgehead atoms. The number of hydrogen-bond donors (Lipinski definition) is 1. The van der Waals surface area contributed by atoms with Crippen molar-refractivity contribution in [3.8, 4) is 0 Å². The molecule has 0 atom stereocenters. The maximum atomic E-state index is 11.5. The van der Waals surface area contributed by atoms with Gasteiger partial charge in [0.25, 0.3) is 0 Å². The number of rotatable bonds is 3. The average molecular weight is 303 g/mol. The fourth-order valence-electron chi connectivity index (χ4n) is 1.87. The van der Waals surface area contributed by atoms with Crippen LogP contribution in [0.15, 0.2) is 36.5 Å². The molecule has 2 N–H and O–H groups in total. The van der Waals surface area contributed by atoms with E-state index in [1.165, 1.54) is 13.3 Å². The molecule has 2 rings (SSSR count). The molecule has 4 nitrogen and oxygen atoms in total. The predicted octanol–water partition coefficient (Wildman–Crippen LogP) is 3.66. The maximum absolute atomic E-state index is 11.5. The number of halogens is 1. The SMILES string of the molecule is COC(=O)c1cnc(N)c(/C=C(\C)c2ccc(Cl)cc2)c1. The van der Waals surface area contributed by atoms with Gasteiger partial charge in [-0.2, -0.15) is 0 Å². The minimum Gasteiger partial charge on any atom is -0.465 e. The molecule has 0 saturated heterocycles. The third-order valence-corrected chi connectivity index (χ3v) is 3.29. The third kappa shape index (κ3) is 3.61. The Hall–Kier alpha value is -2.33. The van der Waals surface area contributed by atoms with Crippen molar-refractivity contribution >= 4 is 35.0 Å². The highest BCUT2D eigenvalue weighted by molar-refractivity contribution is 6.30. The van der Waals surface area contributed by atoms with Gasteiger partial charge in [-0.25, -0.2) is 9.78 Å². The van der Waals surface area contributed by atoms with Gasteiger partial charge in [0.1, 0.15) is 5.82 Å². The summed E-state index contributed by atoms with van der Waals surface area (Å²) in [5, 5.41) is 0.681. The highest BCUT2D eigenvalue weighted by Gasteiger charge is 2.09. The van der Waals surface area contributed by atoms with Crippen molar-refractivity contribution in [2.24, 2.45) is 0 Å². The summed E-state index contributed by atoms with van der Waals surface area (Å²) >= 11 is 5.87. The van der Waals surface area contributed by atoms with Gasteiger partial charge in [-0.1, -0.05) is 23.7 Å². The molecule has 1 aromatic carbocycles. The molecule has 0 spiro atoms. The number of carbonyl (C=O) groups is 1. The number of anilines is 1. The van der Waals surface area contributed by atoms with Crippen molar-refractivity contribution in [1.82, 2.24) is 4.98 Å². The summed E-state index contributed by atoms with van der Waals surface area (Å²) in [6.45, 7) is 1.95. The molecule has 0 radical (unpaired) electrons. The van der Waals surface area contributed by atoms with E-state index in [1.54, 1.807) is 6.07 Å². The van der Waals surface area contributed by atoms with Crippen molar-refractivity contribution in [2.45, 2.75) is 6.92 Å². The molecule has 0 fully saturated rings. The van der Waals surface area contributed by atoms with E-state index in [2.05, 4.69) is 9.72 Å². The van der Waals surface area contributed by atoms with Gasteiger partial charge in [-0.05, 0) is 42.3 Å². The van der Waals surface area contributed by atoms with Crippen LogP contribution < -0.4 is 5.73 Å². The van der Waals surface area contributed by atoms with E-state index in [9.17, 15) is 4.79 Å². The molecule has 0 aliphatic carbocycles. The second-order valence-corrected chi connectivity index (χ2v) is 4.96. The second kappa shape index (κ2) is 6.41. The predicted molar refractivity (Wildman–Crippen MR) is 85.0 cm³/mol. The fraction of sp³-hybridized carbons (Fsp3) is 0.125. The summed E-state index contributed by atoms with van der Waals surface area (Å²) < 4.78 is 4.68. The maximum Gasteiger partial charge on any atom is 0.339 e. The number of carbonyl (C=O) groups excluding carboxylic acids is 1. The highest BCUT2D eigenvalue weighted by atomic mass is 35.5. The number of nitrogens with zero attached hydrogens (tertiary/aromatic N) is 1. The first-order valence-electron chi connectivity index (χ1n) is 6.29. The summed E-state index contributed by atoms with van der Waals surface area (Å²) in [5.41, 5.74) is 8.89. The third-order valence-electron chi connectivity index (χ3n) is 3.04. The number of methoxy groups -OCH3 is 1. The average Bonchev–Trinajstić information content (AvgIpc) is 2.49. The van der Waals surface area contributed by atoms with Gasteiger partial charge in [0.2, 0.25) is 0 Å². The van der Waals surface area contributed by atoms with Gasteiger partial charge < -0.3 is 10.5 Å². The van der Waals surface area contributed by atoms with Crippen molar-refractivity contribution in [3.63, 3.8) is 0 Å². The summed E-state index contributed by atoms with van der Waals surface area (Å²) in [6.07, 6.45) is 3.27. The molecule has 108 valence electrons. The first kappa shape index (κ1) is 15.1. The zero-order valence-corrected chi connectivity index (χ0v) is 12.5. The van der Waals surface area contributed by atoms with E-state index >= 15 is 0 Å². The van der Waals surface area contributed by atoms with E-state index in [0.29, 0.717) is 22.0 Å². The van der Waals surface area contributed by atoms with Crippen LogP contribution >= 0.6 is 11.6 Å². The molecule has 0 unspecified atom stereocenters. The van der Waals surface area contributed by atoms with Crippen molar-refractivity contribution in [2.75, 3.05) is 12.8 Å². The minimum absolute atomic E-state index is 0.357. The van der Waals surface area contributed by atoms with Crippen LogP contribution in [0.25, 0.3) is 11.6 Å². The molecular formula is C16H15ClN2O2. The van der Waals surface area contributed by atoms with E-state index in [-0.39, 0.29) is 0 Å². The van der Waals surface area contributed by atoms with Gasteiger partial charge in [0, 0.05) is 16.8 Å². The Bertz CT molecular complexity index is 694. The van der Waals surface area contributed by atoms with Crippen LogP contribution in [0.5, 0.6) is 0 Å². The van der Waals surface area contributed by atoms with Gasteiger partial charge >= 0.3 is 5.97 Å². The van der Waals surface area contributed by atoms with Crippen LogP contribution in [0.1, 0.15) is 28.4 Å². The Morgan fingerprint density at radius 2 is 1.95 bits per heavy atom. The van der Waals surface area contributed by atoms with Crippen LogP contribution in [0.3, 0.4) is 0 Å². The number of nitrogen functional groups attached to an aromatic ring is 1. The topological polar surface area (TPSA) is 65.2 Å². The van der Waals surface area contributed by atoms with Gasteiger partial charge in [-0.3, -0.25) is 0 Å². The Balaban J connectivity index is 2.39. The Kier molecular flexibility index (Phi) is 4.60. The van der Waals surface area contributed by atoms with Crippen LogP contribution in [0.2, 0.25) is 5.02 Å². The molecule has 0 saturated carbocycles. The molecule has 1 aromatic heterocycles. The van der Waals surface area contributed by atoms with E-state index < -0.39 is 5.97 Å². The first-order valence-corrected chi connectivity index (χ1v) is 6.67. The lowest BCUT2D eigenvalue weighted by atomic mass is 10.0. The quantitative estimate of drug-likeness (QED) is 0.879. The van der Waals surface area contributed by atoms with E-state index in [1.807, 2.05) is 37.3 Å². The number of nitrogens with two attached hydrogens (primary N) is 1. The van der Waals surface area contributed by atoms with Crippen LogP contribution in [-0.2, 0) is 4.74 Å². The normalized spacial score (nSPS) is 11.3. The number of hydrogen-bond acceptors (Lipinski definition) is 4. The molecule has 21 heavy (non-hydrogen) atoms. The van der Waals surface area contributed by atoms with E-state index in [4.69, 9.17) is 17.3 Å². The number of aromatic nitrogens is 1. The molecule has 1 heterocycles. The van der Waals surface area contributed by atoms with Crippen LogP contribution in [-0.4, -0.2) is 18.1 Å². The lowest BCUT2D eigenvalue weighted by Gasteiger charge is -2.06. The molecule has 0 aliphatic rings. The summed E-state index contributed by atoms with van der Waals surface area (Å²) in [6, 6.07) is 9.14. The van der Waals surface area contributed by atoms with E-state index in [0.717, 1.165) is 11.1 Å². The van der Waals surface area contributed by atoms with Crippen molar-refractivity contribution in [3.05, 3.63) is 58.2 Å². The highest BCUT2D eigenvalue weighted by Crippen LogP contribution is 2.22. The van der Waals surface area contributed by atoms with Crippen molar-refractivity contribution < 1.29 is 9.53 Å². The van der Waals surface area contributed by atoms with Crippen molar-refractivity contribution in [1.29, 1.82) is 0 Å². The lowest BCUT2D eigenvalue weighted by Crippen LogP contribution is -2.04. The summed E-state index contributed by atoms with van der Waals surface area (Å²) in [7, 11) is 1.33. The standard InChI is InChI=1S/C16H15ClN2O2/c1-10(11-3-5-14(17)6-4-11)7-12-8-13(16(20)21-2)9-19-15(12)18/h3-9H,1-2H3,(H2,18,19)/b10-7+. The second-order valence-electron chi connectivity index (χ2n) is 4.52. The van der Waals surface area contributed by atoms with Gasteiger partial charge in [-0.15, -0.1) is 0 Å². The number of allylic oxidation sites excluding steroid dienone is 1. The molecule has 2 aromatic rings. The molecule has 0 aliphatic heterocycles. The molecule has 5 heteroatoms. The number of esters is 1. The Labute approximate surface area is 128 Å². The number of pyridine rings is 1. The fourth-order valence-corrected chi connectivity index (χ4v) is 1.99. The Morgan fingerprint density at radius 1 is 1.29 bits per heavy atom. The Morgan fingerprint density at radius 3 is 2.57 bits per heavy atom. The minimum atomic E-state index is -0.443. The molecule has 0 amide bonds. The zero-order chi connectivity index (χ0) is 15.4. The zero-order valence-electron chi connectivity index (χ0n) is 11.8. The number of ether oxygens (including phenoxy) is 1. The van der Waals surface area contributed by atoms with Gasteiger partial charge in [0.05, 0.1) is 12.7 Å². The lowest BCUT2D eigenvalue weighted by molar-refractivity contribution is 0.0600. The monoisotopic (exact) mass is 302 g/mol. The summed E-state index contributed by atoms with van der Waals surface area (Å²) in [4.78, 5) is 15.6. The van der Waals surface area contributed by atoms with Crippen LogP contribution in [0, 0.1) is 0 Å². The van der Waals surface area contributed by atoms with Gasteiger partial charge in [0.15, 0.2) is 0 Å². The number of benzene rings is 1. The molecular weight excluding hydrogens is 288 g/mol. The summed E-state index contributed by atoms with van der Waals surface area (Å²) in [5.74, 6) is -0.0859. The largest absolute Gasteiger partial charge is 0.465 e.